The van der Waals surface area contributed by atoms with Gasteiger partial charge in [-0.1, -0.05) is 41.9 Å². The lowest BCUT2D eigenvalue weighted by Crippen LogP contribution is -2.64. The van der Waals surface area contributed by atoms with E-state index in [4.69, 9.17) is 16.3 Å². The molecule has 1 fully saturated rings. The second kappa shape index (κ2) is 6.02. The third-order valence-electron chi connectivity index (χ3n) is 5.24. The van der Waals surface area contributed by atoms with Crippen LogP contribution >= 0.6 is 11.6 Å². The Morgan fingerprint density at radius 3 is 2.73 bits per heavy atom. The molecule has 2 aromatic rings. The van der Waals surface area contributed by atoms with E-state index < -0.39 is 29.4 Å². The summed E-state index contributed by atoms with van der Waals surface area (Å²) in [4.78, 5) is 26.4. The maximum Gasteiger partial charge on any atom is 0.235 e. The summed E-state index contributed by atoms with van der Waals surface area (Å²) in [5.74, 6) is -3.07. The number of rotatable bonds is 3. The number of piperidine rings is 1. The molecule has 6 heteroatoms. The molecule has 0 aliphatic carbocycles. The molecule has 0 N–H and O–H groups in total. The molecule has 0 spiro atoms. The molecule has 0 radical (unpaired) electrons. The number of carbonyl (C=O) groups excluding carboxylic acids is 2. The third-order valence-corrected chi connectivity index (χ3v) is 5.48. The zero-order valence-corrected chi connectivity index (χ0v) is 14.9. The number of carbonyl (C=O) groups is 2. The molecule has 1 amide bonds. The third kappa shape index (κ3) is 2.63. The number of carboxylic acid groups (broad SMARTS) is 1. The summed E-state index contributed by atoms with van der Waals surface area (Å²) in [6.45, 7) is 2.10. The molecule has 5 nitrogen and oxygen atoms in total. The van der Waals surface area contributed by atoms with E-state index in [1.165, 1.54) is 4.90 Å². The van der Waals surface area contributed by atoms with Crippen LogP contribution in [0.1, 0.15) is 30.4 Å². The summed E-state index contributed by atoms with van der Waals surface area (Å²) in [6.07, 6.45) is 0.373. The molecule has 26 heavy (non-hydrogen) atoms. The van der Waals surface area contributed by atoms with Crippen LogP contribution in [0, 0.1) is 5.92 Å². The van der Waals surface area contributed by atoms with Gasteiger partial charge < -0.3 is 14.6 Å². The number of hydrogen-bond acceptors (Lipinski definition) is 4. The van der Waals surface area contributed by atoms with Crippen molar-refractivity contribution in [3.05, 3.63) is 64.7 Å². The van der Waals surface area contributed by atoms with Gasteiger partial charge in [0.2, 0.25) is 5.91 Å². The van der Waals surface area contributed by atoms with Gasteiger partial charge in [0.15, 0.2) is 5.72 Å². The molecular formula is C20H17ClNO4-. The van der Waals surface area contributed by atoms with Crippen LogP contribution in [0.25, 0.3) is 0 Å². The monoisotopic (exact) mass is 370 g/mol. The lowest BCUT2D eigenvalue weighted by Gasteiger charge is -2.53. The molecular weight excluding hydrogens is 354 g/mol. The molecule has 0 saturated carbocycles. The van der Waals surface area contributed by atoms with Crippen molar-refractivity contribution in [1.82, 2.24) is 4.90 Å². The van der Waals surface area contributed by atoms with Crippen molar-refractivity contribution in [2.75, 3.05) is 0 Å². The molecule has 2 aliphatic heterocycles. The number of halogens is 1. The molecule has 2 aromatic carbocycles. The molecule has 2 aliphatic rings. The van der Waals surface area contributed by atoms with Crippen molar-refractivity contribution in [3.8, 4) is 5.75 Å². The van der Waals surface area contributed by atoms with Gasteiger partial charge in [-0.3, -0.25) is 9.69 Å². The Kier molecular flexibility index (Phi) is 3.92. The van der Waals surface area contributed by atoms with Crippen molar-refractivity contribution in [1.29, 1.82) is 0 Å². The minimum Gasteiger partial charge on any atom is -0.549 e. The molecule has 2 heterocycles. The minimum atomic E-state index is -1.37. The van der Waals surface area contributed by atoms with Gasteiger partial charge in [0.1, 0.15) is 5.75 Å². The summed E-state index contributed by atoms with van der Waals surface area (Å²) < 4.78 is 6.16. The van der Waals surface area contributed by atoms with E-state index in [0.717, 1.165) is 5.56 Å². The Morgan fingerprint density at radius 1 is 1.31 bits per heavy atom. The molecule has 0 aromatic heterocycles. The Hall–Kier alpha value is -2.53. The van der Waals surface area contributed by atoms with Gasteiger partial charge in [-0.15, -0.1) is 0 Å². The zero-order valence-electron chi connectivity index (χ0n) is 14.1. The van der Waals surface area contributed by atoms with Gasteiger partial charge in [0, 0.05) is 29.5 Å². The first-order valence-electron chi connectivity index (χ1n) is 8.44. The van der Waals surface area contributed by atoms with Crippen LogP contribution < -0.4 is 9.84 Å². The van der Waals surface area contributed by atoms with Gasteiger partial charge >= 0.3 is 0 Å². The van der Waals surface area contributed by atoms with Crippen molar-refractivity contribution in [3.63, 3.8) is 0 Å². The molecule has 0 unspecified atom stereocenters. The van der Waals surface area contributed by atoms with Gasteiger partial charge in [0.05, 0.1) is 11.9 Å². The van der Waals surface area contributed by atoms with Crippen molar-refractivity contribution < 1.29 is 19.4 Å². The number of fused-ring (bicyclic) bond motifs is 4. The van der Waals surface area contributed by atoms with Gasteiger partial charge in [-0.2, -0.15) is 0 Å². The van der Waals surface area contributed by atoms with E-state index in [9.17, 15) is 14.7 Å². The van der Waals surface area contributed by atoms with Gasteiger partial charge in [-0.25, -0.2) is 0 Å². The zero-order chi connectivity index (χ0) is 18.5. The Labute approximate surface area is 156 Å². The van der Waals surface area contributed by atoms with E-state index >= 15 is 0 Å². The van der Waals surface area contributed by atoms with E-state index in [-0.39, 0.29) is 6.54 Å². The summed E-state index contributed by atoms with van der Waals surface area (Å²) in [5, 5.41) is 12.3. The maximum atomic E-state index is 13.1. The number of nitrogens with zero attached hydrogens (tertiary/aromatic N) is 1. The summed E-state index contributed by atoms with van der Waals surface area (Å²) in [7, 11) is 0. The van der Waals surface area contributed by atoms with E-state index in [1.807, 2.05) is 37.3 Å². The Morgan fingerprint density at radius 2 is 2.04 bits per heavy atom. The first kappa shape index (κ1) is 16.9. The van der Waals surface area contributed by atoms with E-state index in [0.29, 0.717) is 22.8 Å². The molecule has 1 saturated heterocycles. The minimum absolute atomic E-state index is 0.273. The SMILES string of the molecule is C[C@]12C[C@H](c3cc(Cl)ccc3O1)[C@H](C(=O)[O-])C(=O)N2Cc1ccccc1. The quantitative estimate of drug-likeness (QED) is 0.777. The van der Waals surface area contributed by atoms with Crippen LogP contribution in [0.5, 0.6) is 5.75 Å². The highest BCUT2D eigenvalue weighted by atomic mass is 35.5. The van der Waals surface area contributed by atoms with Crippen LogP contribution in [-0.2, 0) is 16.1 Å². The summed E-state index contributed by atoms with van der Waals surface area (Å²) >= 11 is 6.07. The highest BCUT2D eigenvalue weighted by molar-refractivity contribution is 6.30. The Bertz CT molecular complexity index is 885. The number of likely N-dealkylation sites (tertiary alicyclic amines) is 1. The fourth-order valence-corrected chi connectivity index (χ4v) is 4.19. The number of aliphatic carboxylic acids is 1. The average Bonchev–Trinajstić information content (AvgIpc) is 2.60. The van der Waals surface area contributed by atoms with Crippen molar-refractivity contribution in [2.45, 2.75) is 31.5 Å². The van der Waals surface area contributed by atoms with Crippen LogP contribution in [0.4, 0.5) is 0 Å². The summed E-state index contributed by atoms with van der Waals surface area (Å²) in [6, 6.07) is 14.5. The van der Waals surface area contributed by atoms with E-state index in [2.05, 4.69) is 0 Å². The van der Waals surface area contributed by atoms with E-state index in [1.54, 1.807) is 18.2 Å². The normalized spacial score (nSPS) is 26.8. The first-order valence-corrected chi connectivity index (χ1v) is 8.81. The van der Waals surface area contributed by atoms with Gasteiger partial charge in [-0.05, 0) is 30.7 Å². The summed E-state index contributed by atoms with van der Waals surface area (Å²) in [5.41, 5.74) is 0.629. The average molecular weight is 371 g/mol. The number of amides is 1. The Balaban J connectivity index is 1.80. The van der Waals surface area contributed by atoms with Crippen LogP contribution in [-0.4, -0.2) is 22.5 Å². The fraction of sp³-hybridized carbons (Fsp3) is 0.300. The lowest BCUT2D eigenvalue weighted by atomic mass is 9.73. The number of hydrogen-bond donors (Lipinski definition) is 0. The number of ether oxygens (including phenoxy) is 1. The second-order valence-electron chi connectivity index (χ2n) is 6.98. The predicted octanol–water partition coefficient (Wildman–Crippen LogP) is 2.33. The topological polar surface area (TPSA) is 69.7 Å². The van der Waals surface area contributed by atoms with Crippen LogP contribution in [0.3, 0.4) is 0 Å². The largest absolute Gasteiger partial charge is 0.549 e. The molecule has 134 valence electrons. The van der Waals surface area contributed by atoms with Crippen molar-refractivity contribution in [2.24, 2.45) is 5.92 Å². The highest BCUT2D eigenvalue weighted by Gasteiger charge is 2.54. The first-order chi connectivity index (χ1) is 12.4. The predicted molar refractivity (Wildman–Crippen MR) is 93.3 cm³/mol. The van der Waals surface area contributed by atoms with Gasteiger partial charge in [0.25, 0.3) is 0 Å². The molecule has 4 rings (SSSR count). The second-order valence-corrected chi connectivity index (χ2v) is 7.41. The molecule has 2 bridgehead atoms. The number of benzene rings is 2. The number of carboxylic acids is 1. The standard InChI is InChI=1S/C20H18ClNO4/c1-20-10-15(14-9-13(21)7-8-16(14)26-20)17(19(24)25)18(23)22(20)11-12-5-3-2-4-6-12/h2-9,15,17H,10-11H2,1H3,(H,24,25)/p-1/t15-,17+,20-/m1/s1. The smallest absolute Gasteiger partial charge is 0.235 e. The highest BCUT2D eigenvalue weighted by Crippen LogP contribution is 2.50. The van der Waals surface area contributed by atoms with Crippen LogP contribution in [0.15, 0.2) is 48.5 Å². The van der Waals surface area contributed by atoms with Crippen molar-refractivity contribution >= 4 is 23.5 Å². The fourth-order valence-electron chi connectivity index (χ4n) is 4.01. The van der Waals surface area contributed by atoms with Crippen LogP contribution in [0.2, 0.25) is 5.02 Å². The lowest BCUT2D eigenvalue weighted by molar-refractivity contribution is -0.313. The molecule has 3 atom stereocenters. The maximum absolute atomic E-state index is 13.1.